The second-order valence-corrected chi connectivity index (χ2v) is 8.82. The minimum absolute atomic E-state index is 0.117. The lowest BCUT2D eigenvalue weighted by atomic mass is 10.1. The van der Waals surface area contributed by atoms with Crippen molar-refractivity contribution in [3.8, 4) is 17.3 Å². The average Bonchev–Trinajstić information content (AvgIpc) is 3.47. The van der Waals surface area contributed by atoms with E-state index in [4.69, 9.17) is 19.3 Å². The van der Waals surface area contributed by atoms with E-state index in [1.165, 1.54) is 12.1 Å². The van der Waals surface area contributed by atoms with Crippen LogP contribution in [0.3, 0.4) is 0 Å². The number of aliphatic hydroxyl groups is 1. The molecule has 0 bridgehead atoms. The van der Waals surface area contributed by atoms with Gasteiger partial charge in [0, 0.05) is 38.9 Å². The first-order valence-electron chi connectivity index (χ1n) is 12.2. The van der Waals surface area contributed by atoms with E-state index in [0.717, 1.165) is 36.4 Å². The molecule has 0 unspecified atom stereocenters. The Bertz CT molecular complexity index is 1070. The van der Waals surface area contributed by atoms with Crippen LogP contribution in [0.25, 0.3) is 5.69 Å². The van der Waals surface area contributed by atoms with Crippen LogP contribution >= 0.6 is 0 Å². The minimum atomic E-state index is -0.631. The number of ether oxygens (including phenoxy) is 3. The largest absolute Gasteiger partial charge is 0.438 e. The quantitative estimate of drug-likeness (QED) is 0.409. The molecule has 1 fully saturated rings. The topological polar surface area (TPSA) is 69.0 Å². The summed E-state index contributed by atoms with van der Waals surface area (Å²) in [5, 5.41) is 15.4. The van der Waals surface area contributed by atoms with E-state index in [0.29, 0.717) is 37.9 Å². The molecule has 3 aromatic rings. The smallest absolute Gasteiger partial charge is 0.227 e. The summed E-state index contributed by atoms with van der Waals surface area (Å²) >= 11 is 0. The van der Waals surface area contributed by atoms with Crippen molar-refractivity contribution in [3.05, 3.63) is 71.7 Å². The van der Waals surface area contributed by atoms with Gasteiger partial charge in [0.1, 0.15) is 11.6 Å². The molecule has 7 nitrogen and oxygen atoms in total. The van der Waals surface area contributed by atoms with Crippen molar-refractivity contribution >= 4 is 0 Å². The van der Waals surface area contributed by atoms with E-state index in [2.05, 4.69) is 4.90 Å². The monoisotopic (exact) mass is 483 g/mol. The standard InChI is InChI=1S/C27H34FN3O4/c1-3-33-19-23(32)16-30(17-25-13-8-14-34-25)18-26-20(2)29-31(22-10-5-4-6-11-22)27(26)35-24-12-7-9-21(28)15-24/h4-7,9-12,15,23,25,32H,3,8,13-14,16-19H2,1-2H3/t23-,25-/m1/s1. The highest BCUT2D eigenvalue weighted by atomic mass is 19.1. The molecule has 0 spiro atoms. The van der Waals surface area contributed by atoms with Crippen LogP contribution < -0.4 is 4.74 Å². The van der Waals surface area contributed by atoms with E-state index < -0.39 is 6.10 Å². The van der Waals surface area contributed by atoms with Crippen molar-refractivity contribution in [2.75, 3.05) is 32.9 Å². The maximum atomic E-state index is 13.9. The zero-order valence-electron chi connectivity index (χ0n) is 20.4. The van der Waals surface area contributed by atoms with Crippen LogP contribution in [0.2, 0.25) is 0 Å². The zero-order chi connectivity index (χ0) is 24.6. The lowest BCUT2D eigenvalue weighted by molar-refractivity contribution is 0.00498. The van der Waals surface area contributed by atoms with Crippen LogP contribution in [0.1, 0.15) is 31.0 Å². The van der Waals surface area contributed by atoms with Crippen molar-refractivity contribution in [1.29, 1.82) is 0 Å². The fourth-order valence-electron chi connectivity index (χ4n) is 4.32. The summed E-state index contributed by atoms with van der Waals surface area (Å²) < 4.78 is 33.2. The molecule has 1 aliphatic heterocycles. The highest BCUT2D eigenvalue weighted by Crippen LogP contribution is 2.32. The molecule has 4 rings (SSSR count). The van der Waals surface area contributed by atoms with E-state index in [9.17, 15) is 9.50 Å². The molecule has 1 aliphatic rings. The van der Waals surface area contributed by atoms with Gasteiger partial charge >= 0.3 is 0 Å². The predicted molar refractivity (Wildman–Crippen MR) is 132 cm³/mol. The van der Waals surface area contributed by atoms with Gasteiger partial charge in [-0.3, -0.25) is 4.90 Å². The molecule has 0 aliphatic carbocycles. The van der Waals surface area contributed by atoms with Crippen LogP contribution in [-0.2, 0) is 16.0 Å². The van der Waals surface area contributed by atoms with E-state index in [1.54, 1.807) is 16.8 Å². The van der Waals surface area contributed by atoms with Gasteiger partial charge in [0.05, 0.1) is 35.8 Å². The first-order chi connectivity index (χ1) is 17.0. The Morgan fingerprint density at radius 3 is 2.77 bits per heavy atom. The van der Waals surface area contributed by atoms with E-state index >= 15 is 0 Å². The van der Waals surface area contributed by atoms with Crippen LogP contribution in [0.4, 0.5) is 4.39 Å². The Hall–Kier alpha value is -2.78. The summed E-state index contributed by atoms with van der Waals surface area (Å²) in [6, 6.07) is 15.8. The van der Waals surface area contributed by atoms with Gasteiger partial charge in [-0.25, -0.2) is 9.07 Å². The average molecular weight is 484 g/mol. The van der Waals surface area contributed by atoms with Crippen LogP contribution in [0, 0.1) is 12.7 Å². The van der Waals surface area contributed by atoms with Gasteiger partial charge in [-0.2, -0.15) is 5.10 Å². The van der Waals surface area contributed by atoms with E-state index in [1.807, 2.05) is 44.2 Å². The third-order valence-corrected chi connectivity index (χ3v) is 6.00. The van der Waals surface area contributed by atoms with Crippen molar-refractivity contribution < 1.29 is 23.7 Å². The summed E-state index contributed by atoms with van der Waals surface area (Å²) in [5.41, 5.74) is 2.52. The molecule has 2 atom stereocenters. The third kappa shape index (κ3) is 6.89. The SMILES string of the molecule is CCOC[C@H](O)CN(Cc1c(C)nn(-c2ccccc2)c1Oc1cccc(F)c1)C[C@H]1CCCO1. The normalized spacial score (nSPS) is 16.7. The molecule has 0 saturated carbocycles. The Morgan fingerprint density at radius 1 is 1.23 bits per heavy atom. The Kier molecular flexibility index (Phi) is 8.87. The summed E-state index contributed by atoms with van der Waals surface area (Å²) in [6.07, 6.45) is 1.52. The Labute approximate surface area is 206 Å². The molecule has 2 heterocycles. The first kappa shape index (κ1) is 25.3. The number of benzene rings is 2. The van der Waals surface area contributed by atoms with Gasteiger partial charge in [-0.1, -0.05) is 24.3 Å². The molecule has 1 aromatic heterocycles. The maximum Gasteiger partial charge on any atom is 0.227 e. The fraction of sp³-hybridized carbons (Fsp3) is 0.444. The van der Waals surface area contributed by atoms with Gasteiger partial charge in [0.15, 0.2) is 0 Å². The molecule has 2 aromatic carbocycles. The summed E-state index contributed by atoms with van der Waals surface area (Å²) in [4.78, 5) is 2.16. The Morgan fingerprint density at radius 2 is 2.06 bits per heavy atom. The number of nitrogens with zero attached hydrogens (tertiary/aromatic N) is 3. The summed E-state index contributed by atoms with van der Waals surface area (Å²) in [7, 11) is 0. The number of para-hydroxylation sites is 1. The van der Waals surface area contributed by atoms with Crippen LogP contribution in [0.5, 0.6) is 11.6 Å². The van der Waals surface area contributed by atoms with Gasteiger partial charge in [0.2, 0.25) is 5.88 Å². The second-order valence-electron chi connectivity index (χ2n) is 8.82. The maximum absolute atomic E-state index is 13.9. The van der Waals surface area contributed by atoms with Gasteiger partial charge in [-0.05, 0) is 51.0 Å². The lowest BCUT2D eigenvalue weighted by Gasteiger charge is -2.27. The highest BCUT2D eigenvalue weighted by Gasteiger charge is 2.26. The molecule has 0 amide bonds. The third-order valence-electron chi connectivity index (χ3n) is 6.00. The minimum Gasteiger partial charge on any atom is -0.438 e. The molecule has 0 radical (unpaired) electrons. The van der Waals surface area contributed by atoms with Crippen molar-refractivity contribution in [2.45, 2.75) is 45.4 Å². The number of aryl methyl sites for hydroxylation is 1. The Balaban J connectivity index is 1.66. The number of aromatic nitrogens is 2. The van der Waals surface area contributed by atoms with Gasteiger partial charge in [0.25, 0.3) is 0 Å². The second kappa shape index (κ2) is 12.3. The molecule has 188 valence electrons. The van der Waals surface area contributed by atoms with Crippen molar-refractivity contribution in [1.82, 2.24) is 14.7 Å². The van der Waals surface area contributed by atoms with Crippen LogP contribution in [-0.4, -0.2) is 64.9 Å². The van der Waals surface area contributed by atoms with Gasteiger partial charge < -0.3 is 19.3 Å². The first-order valence-corrected chi connectivity index (χ1v) is 12.2. The molecular formula is C27H34FN3O4. The number of hydrogen-bond acceptors (Lipinski definition) is 6. The van der Waals surface area contributed by atoms with Crippen LogP contribution in [0.15, 0.2) is 54.6 Å². The number of aliphatic hydroxyl groups excluding tert-OH is 1. The summed E-state index contributed by atoms with van der Waals surface area (Å²) in [6.45, 7) is 7.03. The van der Waals surface area contributed by atoms with Crippen molar-refractivity contribution in [3.63, 3.8) is 0 Å². The van der Waals surface area contributed by atoms with Crippen molar-refractivity contribution in [2.24, 2.45) is 0 Å². The molecule has 1 N–H and O–H groups in total. The number of rotatable bonds is 12. The lowest BCUT2D eigenvalue weighted by Crippen LogP contribution is -2.39. The fourth-order valence-corrected chi connectivity index (χ4v) is 4.32. The molecule has 8 heteroatoms. The highest BCUT2D eigenvalue weighted by molar-refractivity contribution is 5.43. The number of halogens is 1. The zero-order valence-corrected chi connectivity index (χ0v) is 20.4. The molecular weight excluding hydrogens is 449 g/mol. The van der Waals surface area contributed by atoms with E-state index in [-0.39, 0.29) is 18.5 Å². The predicted octanol–water partition coefficient (Wildman–Crippen LogP) is 4.49. The van der Waals surface area contributed by atoms with Gasteiger partial charge in [-0.15, -0.1) is 0 Å². The molecule has 35 heavy (non-hydrogen) atoms. The number of hydrogen-bond donors (Lipinski definition) is 1. The molecule has 1 saturated heterocycles. The summed E-state index contributed by atoms with van der Waals surface area (Å²) in [5.74, 6) is 0.548.